The second-order valence-corrected chi connectivity index (χ2v) is 10.3. The molecule has 0 spiro atoms. The van der Waals surface area contributed by atoms with E-state index in [4.69, 9.17) is 4.42 Å². The third-order valence-corrected chi connectivity index (χ3v) is 6.94. The summed E-state index contributed by atoms with van der Waals surface area (Å²) in [5.41, 5.74) is 2.80. The fourth-order valence-electron chi connectivity index (χ4n) is 3.96. The van der Waals surface area contributed by atoms with E-state index in [9.17, 15) is 12.8 Å². The summed E-state index contributed by atoms with van der Waals surface area (Å²) >= 11 is 0. The summed E-state index contributed by atoms with van der Waals surface area (Å²) in [6.45, 7) is 2.07. The van der Waals surface area contributed by atoms with Crippen molar-refractivity contribution in [1.29, 1.82) is 0 Å². The summed E-state index contributed by atoms with van der Waals surface area (Å²) < 4.78 is 43.8. The van der Waals surface area contributed by atoms with Crippen LogP contribution in [-0.2, 0) is 29.2 Å². The Labute approximate surface area is 202 Å². The van der Waals surface area contributed by atoms with Gasteiger partial charge < -0.3 is 9.73 Å². The van der Waals surface area contributed by atoms with Crippen LogP contribution < -0.4 is 5.32 Å². The molecule has 180 valence electrons. The second kappa shape index (κ2) is 9.51. The molecule has 1 N–H and O–H groups in total. The summed E-state index contributed by atoms with van der Waals surface area (Å²) in [6.07, 6.45) is 3.80. The minimum atomic E-state index is -3.50. The standard InChI is InChI=1S/C24H23FN6O3S/c1-35(32,33)17-7-8-21(19(25)13-17)28-23-18-14-31(11-9-20(18)26-15-27-23)12-10-22-29-30-24(34-22)16-5-3-2-4-6-16/h2-8,13,15H,9-12,14H2,1H3,(H,26,27,28). The Morgan fingerprint density at radius 3 is 2.71 bits per heavy atom. The summed E-state index contributed by atoms with van der Waals surface area (Å²) in [7, 11) is -3.50. The monoisotopic (exact) mass is 494 g/mol. The van der Waals surface area contributed by atoms with Crippen LogP contribution in [0.15, 0.2) is 64.2 Å². The molecule has 35 heavy (non-hydrogen) atoms. The average Bonchev–Trinajstić information content (AvgIpc) is 3.33. The number of anilines is 2. The summed E-state index contributed by atoms with van der Waals surface area (Å²) in [4.78, 5) is 10.9. The van der Waals surface area contributed by atoms with Gasteiger partial charge in [0.1, 0.15) is 18.0 Å². The first-order valence-corrected chi connectivity index (χ1v) is 13.0. The lowest BCUT2D eigenvalue weighted by Gasteiger charge is -2.28. The number of benzene rings is 2. The number of nitrogens with zero attached hydrogens (tertiary/aromatic N) is 5. The van der Waals surface area contributed by atoms with Crippen molar-refractivity contribution in [3.8, 4) is 11.5 Å². The van der Waals surface area contributed by atoms with Gasteiger partial charge in [-0.3, -0.25) is 4.90 Å². The van der Waals surface area contributed by atoms with E-state index in [1.807, 2.05) is 30.3 Å². The Bertz CT molecular complexity index is 1460. The largest absolute Gasteiger partial charge is 0.421 e. The molecule has 0 amide bonds. The topological polar surface area (TPSA) is 114 Å². The molecule has 0 radical (unpaired) electrons. The van der Waals surface area contributed by atoms with Crippen LogP contribution in [0.4, 0.5) is 15.9 Å². The Kier molecular flexibility index (Phi) is 6.27. The van der Waals surface area contributed by atoms with Crippen molar-refractivity contribution in [2.45, 2.75) is 24.3 Å². The molecule has 5 rings (SSSR count). The van der Waals surface area contributed by atoms with Gasteiger partial charge in [-0.15, -0.1) is 10.2 Å². The smallest absolute Gasteiger partial charge is 0.247 e. The maximum atomic E-state index is 14.6. The van der Waals surface area contributed by atoms with Crippen LogP contribution in [0.5, 0.6) is 0 Å². The molecule has 0 fully saturated rings. The summed E-state index contributed by atoms with van der Waals surface area (Å²) in [6, 6.07) is 13.4. The molecule has 0 saturated carbocycles. The minimum Gasteiger partial charge on any atom is -0.421 e. The van der Waals surface area contributed by atoms with Gasteiger partial charge >= 0.3 is 0 Å². The molecule has 0 saturated heterocycles. The quantitative estimate of drug-likeness (QED) is 0.413. The molecule has 4 aromatic rings. The van der Waals surface area contributed by atoms with Gasteiger partial charge in [-0.1, -0.05) is 18.2 Å². The first-order chi connectivity index (χ1) is 16.9. The van der Waals surface area contributed by atoms with E-state index in [0.717, 1.165) is 42.1 Å². The Morgan fingerprint density at radius 1 is 1.11 bits per heavy atom. The normalized spacial score (nSPS) is 14.0. The van der Waals surface area contributed by atoms with E-state index < -0.39 is 15.7 Å². The van der Waals surface area contributed by atoms with Crippen LogP contribution in [-0.4, -0.2) is 52.8 Å². The molecule has 11 heteroatoms. The van der Waals surface area contributed by atoms with Crippen LogP contribution in [0, 0.1) is 5.82 Å². The summed E-state index contributed by atoms with van der Waals surface area (Å²) in [5.74, 6) is 0.882. The number of nitrogens with one attached hydrogen (secondary N) is 1. The highest BCUT2D eigenvalue weighted by molar-refractivity contribution is 7.90. The molecule has 9 nitrogen and oxygen atoms in total. The number of sulfone groups is 1. The van der Waals surface area contributed by atoms with Crippen molar-refractivity contribution in [1.82, 2.24) is 25.1 Å². The first-order valence-electron chi connectivity index (χ1n) is 11.1. The molecule has 3 heterocycles. The van der Waals surface area contributed by atoms with E-state index in [1.165, 1.54) is 18.5 Å². The lowest BCUT2D eigenvalue weighted by molar-refractivity contribution is 0.248. The first kappa shape index (κ1) is 23.1. The van der Waals surface area contributed by atoms with Crippen molar-refractivity contribution in [2.75, 3.05) is 24.7 Å². The molecule has 1 aliphatic heterocycles. The highest BCUT2D eigenvalue weighted by atomic mass is 32.2. The molecule has 0 bridgehead atoms. The predicted octanol–water partition coefficient (Wildman–Crippen LogP) is 3.41. The third-order valence-electron chi connectivity index (χ3n) is 5.83. The minimum absolute atomic E-state index is 0.0760. The Morgan fingerprint density at radius 2 is 1.94 bits per heavy atom. The zero-order valence-electron chi connectivity index (χ0n) is 19.0. The molecular formula is C24H23FN6O3S. The second-order valence-electron chi connectivity index (χ2n) is 8.33. The SMILES string of the molecule is CS(=O)(=O)c1ccc(Nc2ncnc3c2CN(CCc2nnc(-c4ccccc4)o2)CC3)c(F)c1. The maximum absolute atomic E-state index is 14.6. The van der Waals surface area contributed by atoms with Gasteiger partial charge in [0.15, 0.2) is 9.84 Å². The lowest BCUT2D eigenvalue weighted by atomic mass is 10.1. The van der Waals surface area contributed by atoms with Gasteiger partial charge in [-0.2, -0.15) is 0 Å². The predicted molar refractivity (Wildman–Crippen MR) is 127 cm³/mol. The molecule has 0 aliphatic carbocycles. The average molecular weight is 495 g/mol. The van der Waals surface area contributed by atoms with Crippen LogP contribution in [0.1, 0.15) is 17.1 Å². The summed E-state index contributed by atoms with van der Waals surface area (Å²) in [5, 5.41) is 11.3. The molecular weight excluding hydrogens is 471 g/mol. The number of aromatic nitrogens is 4. The molecule has 0 unspecified atom stereocenters. The number of fused-ring (bicyclic) bond motifs is 1. The number of hydrogen-bond donors (Lipinski definition) is 1. The van der Waals surface area contributed by atoms with Crippen LogP contribution in [0.2, 0.25) is 0 Å². The van der Waals surface area contributed by atoms with E-state index in [2.05, 4.69) is 30.4 Å². The van der Waals surface area contributed by atoms with Gasteiger partial charge in [0, 0.05) is 49.9 Å². The number of hydrogen-bond acceptors (Lipinski definition) is 9. The Balaban J connectivity index is 1.28. The third kappa shape index (κ3) is 5.20. The maximum Gasteiger partial charge on any atom is 0.247 e. The fourth-order valence-corrected chi connectivity index (χ4v) is 4.59. The van der Waals surface area contributed by atoms with Crippen molar-refractivity contribution < 1.29 is 17.2 Å². The molecule has 0 atom stereocenters. The van der Waals surface area contributed by atoms with Crippen LogP contribution in [0.3, 0.4) is 0 Å². The van der Waals surface area contributed by atoms with E-state index >= 15 is 0 Å². The molecule has 2 aromatic heterocycles. The van der Waals surface area contributed by atoms with Gasteiger partial charge in [-0.05, 0) is 30.3 Å². The van der Waals surface area contributed by atoms with Crippen molar-refractivity contribution >= 4 is 21.3 Å². The van der Waals surface area contributed by atoms with Gasteiger partial charge in [0.05, 0.1) is 16.3 Å². The van der Waals surface area contributed by atoms with Crippen LogP contribution >= 0.6 is 0 Å². The van der Waals surface area contributed by atoms with E-state index in [1.54, 1.807) is 0 Å². The van der Waals surface area contributed by atoms with Crippen molar-refractivity contribution in [3.05, 3.63) is 77.8 Å². The number of halogens is 1. The van der Waals surface area contributed by atoms with Crippen molar-refractivity contribution in [2.24, 2.45) is 0 Å². The highest BCUT2D eigenvalue weighted by Crippen LogP contribution is 2.28. The zero-order valence-corrected chi connectivity index (χ0v) is 19.8. The fraction of sp³-hybridized carbons (Fsp3) is 0.250. The van der Waals surface area contributed by atoms with E-state index in [0.29, 0.717) is 37.1 Å². The lowest BCUT2D eigenvalue weighted by Crippen LogP contribution is -2.33. The van der Waals surface area contributed by atoms with Gasteiger partial charge in [0.2, 0.25) is 11.8 Å². The van der Waals surface area contributed by atoms with Crippen LogP contribution in [0.25, 0.3) is 11.5 Å². The van der Waals surface area contributed by atoms with Crippen molar-refractivity contribution in [3.63, 3.8) is 0 Å². The number of rotatable bonds is 7. The van der Waals surface area contributed by atoms with Gasteiger partial charge in [-0.25, -0.2) is 22.8 Å². The molecule has 2 aromatic carbocycles. The zero-order chi connectivity index (χ0) is 24.4. The molecule has 1 aliphatic rings. The van der Waals surface area contributed by atoms with Gasteiger partial charge in [0.25, 0.3) is 0 Å². The highest BCUT2D eigenvalue weighted by Gasteiger charge is 2.22. The Hall–Kier alpha value is -3.70. The van der Waals surface area contributed by atoms with E-state index in [-0.39, 0.29) is 10.6 Å².